The number of nitrogens with zero attached hydrogens (tertiary/aromatic N) is 1. The molecule has 0 fully saturated rings. The Morgan fingerprint density at radius 3 is 2.38 bits per heavy atom. The minimum absolute atomic E-state index is 0.0390. The van der Waals surface area contributed by atoms with Crippen molar-refractivity contribution in [1.29, 1.82) is 0 Å². The number of alkyl halides is 2. The summed E-state index contributed by atoms with van der Waals surface area (Å²) in [5, 5.41) is 17.7. The van der Waals surface area contributed by atoms with E-state index in [1.165, 1.54) is 6.07 Å². The normalized spacial score (nSPS) is 13.3. The van der Waals surface area contributed by atoms with Gasteiger partial charge in [-0.1, -0.05) is 43.2 Å². The zero-order valence-electron chi connectivity index (χ0n) is 11.3. The van der Waals surface area contributed by atoms with Gasteiger partial charge in [0.1, 0.15) is 0 Å². The van der Waals surface area contributed by atoms with Crippen LogP contribution in [0.3, 0.4) is 0 Å². The Bertz CT molecular complexity index is 504. The molecule has 0 aromatic carbocycles. The third-order valence-electron chi connectivity index (χ3n) is 2.33. The van der Waals surface area contributed by atoms with Crippen molar-refractivity contribution in [3.8, 4) is 0 Å². The van der Waals surface area contributed by atoms with Crippen molar-refractivity contribution >= 4 is 55.9 Å². The van der Waals surface area contributed by atoms with Crippen LogP contribution in [0.4, 0.5) is 5.00 Å². The molecule has 1 atom stereocenters. The van der Waals surface area contributed by atoms with Crippen LogP contribution in [-0.2, 0) is 9.09 Å². The van der Waals surface area contributed by atoms with Gasteiger partial charge in [0.05, 0.1) is 11.0 Å². The zero-order valence-corrected chi connectivity index (χ0v) is 16.1. The molecule has 2 N–H and O–H groups in total. The molecular weight excluding hydrogens is 449 g/mol. The molecule has 0 saturated carbocycles. The third kappa shape index (κ3) is 6.43. The largest absolute Gasteiger partial charge is 0.341 e. The van der Waals surface area contributed by atoms with Gasteiger partial charge in [-0.15, -0.1) is 0 Å². The van der Waals surface area contributed by atoms with E-state index in [0.717, 1.165) is 11.3 Å². The summed E-state index contributed by atoms with van der Waals surface area (Å²) < 4.78 is 18.2. The first-order valence-electron chi connectivity index (χ1n) is 6.06. The average molecular weight is 465 g/mol. The molecule has 0 aliphatic carbocycles. The van der Waals surface area contributed by atoms with E-state index in [9.17, 15) is 14.7 Å². The molecule has 7 nitrogen and oxygen atoms in total. The summed E-state index contributed by atoms with van der Waals surface area (Å²) in [4.78, 5) is 10.9. The molecule has 1 aromatic rings. The van der Waals surface area contributed by atoms with Crippen LogP contribution in [-0.4, -0.2) is 28.7 Å². The number of nitrogens with one attached hydrogen (secondary N) is 2. The minimum atomic E-state index is -3.21. The van der Waals surface area contributed by atoms with Crippen LogP contribution >= 0.6 is 50.9 Å². The predicted molar refractivity (Wildman–Crippen MR) is 91.7 cm³/mol. The average Bonchev–Trinajstić information content (AvgIpc) is 2.93. The molecule has 1 aromatic heterocycles. The number of hydrogen-bond donors (Lipinski definition) is 2. The molecule has 1 unspecified atom stereocenters. The predicted octanol–water partition coefficient (Wildman–Crippen LogP) is 3.81. The SMILES string of the molecule is CC(OP(=O)(NCCBr)NCCBr)c1ccc([N+](=O)[O-])s1. The first-order valence-corrected chi connectivity index (χ1v) is 10.7. The Kier molecular flexibility index (Phi) is 8.55. The van der Waals surface area contributed by atoms with Gasteiger partial charge in [0.15, 0.2) is 0 Å². The van der Waals surface area contributed by atoms with Crippen molar-refractivity contribution < 1.29 is 14.0 Å². The molecule has 21 heavy (non-hydrogen) atoms. The lowest BCUT2D eigenvalue weighted by atomic mass is 10.3. The lowest BCUT2D eigenvalue weighted by Gasteiger charge is -2.23. The Morgan fingerprint density at radius 2 is 1.95 bits per heavy atom. The van der Waals surface area contributed by atoms with Gasteiger partial charge in [0.2, 0.25) is 0 Å². The van der Waals surface area contributed by atoms with Gasteiger partial charge in [0, 0.05) is 34.7 Å². The van der Waals surface area contributed by atoms with Crippen LogP contribution in [0.15, 0.2) is 12.1 Å². The van der Waals surface area contributed by atoms with Crippen LogP contribution in [0.2, 0.25) is 0 Å². The summed E-state index contributed by atoms with van der Waals surface area (Å²) in [6.45, 7) is 2.67. The van der Waals surface area contributed by atoms with E-state index in [-0.39, 0.29) is 5.00 Å². The van der Waals surface area contributed by atoms with Gasteiger partial charge in [-0.05, 0) is 13.0 Å². The number of hydrogen-bond acceptors (Lipinski definition) is 5. The maximum Gasteiger partial charge on any atom is 0.341 e. The second-order valence-corrected chi connectivity index (χ2v) is 8.55. The fraction of sp³-hybridized carbons (Fsp3) is 0.600. The molecule has 0 spiro atoms. The van der Waals surface area contributed by atoms with E-state index in [4.69, 9.17) is 4.52 Å². The van der Waals surface area contributed by atoms with Gasteiger partial charge in [-0.3, -0.25) is 19.2 Å². The van der Waals surface area contributed by atoms with Crippen LogP contribution in [0.5, 0.6) is 0 Å². The molecule has 0 aliphatic heterocycles. The standard InChI is InChI=1S/C10H16Br2N3O4PS/c1-8(9-2-3-10(21-9)15(16)17)19-20(18,13-6-4-11)14-7-5-12/h2-3,8H,4-7H2,1H3,(H2,13,14,18). The highest BCUT2D eigenvalue weighted by molar-refractivity contribution is 9.09. The Hall–Kier alpha value is 0.170. The maximum absolute atomic E-state index is 12.6. The highest BCUT2D eigenvalue weighted by Gasteiger charge is 2.26. The molecule has 1 rings (SSSR count). The van der Waals surface area contributed by atoms with Crippen molar-refractivity contribution in [3.05, 3.63) is 27.1 Å². The van der Waals surface area contributed by atoms with Crippen LogP contribution in [0, 0.1) is 10.1 Å². The van der Waals surface area contributed by atoms with Crippen LogP contribution in [0.1, 0.15) is 17.9 Å². The second kappa shape index (κ2) is 9.34. The molecule has 0 amide bonds. The van der Waals surface area contributed by atoms with Gasteiger partial charge >= 0.3 is 12.7 Å². The second-order valence-electron chi connectivity index (χ2n) is 3.93. The van der Waals surface area contributed by atoms with Gasteiger partial charge < -0.3 is 0 Å². The molecule has 0 saturated heterocycles. The molecular formula is C10H16Br2N3O4PS. The lowest BCUT2D eigenvalue weighted by molar-refractivity contribution is -0.380. The summed E-state index contributed by atoms with van der Waals surface area (Å²) in [5.74, 6) is 0. The number of halogens is 2. The Labute approximate surface area is 143 Å². The summed E-state index contributed by atoms with van der Waals surface area (Å²) in [6.07, 6.45) is -0.514. The molecule has 0 aliphatic rings. The van der Waals surface area contributed by atoms with E-state index in [1.54, 1.807) is 13.0 Å². The van der Waals surface area contributed by atoms with Gasteiger partial charge in [0.25, 0.3) is 0 Å². The summed E-state index contributed by atoms with van der Waals surface area (Å²) in [6, 6.07) is 3.04. The number of nitro groups is 1. The smallest absolute Gasteiger partial charge is 0.297 e. The van der Waals surface area contributed by atoms with Crippen LogP contribution in [0.25, 0.3) is 0 Å². The highest BCUT2D eigenvalue weighted by Crippen LogP contribution is 2.44. The van der Waals surface area contributed by atoms with E-state index >= 15 is 0 Å². The van der Waals surface area contributed by atoms with Crippen molar-refractivity contribution in [1.82, 2.24) is 10.2 Å². The van der Waals surface area contributed by atoms with E-state index in [2.05, 4.69) is 42.0 Å². The topological polar surface area (TPSA) is 93.5 Å². The Morgan fingerprint density at radius 1 is 1.38 bits per heavy atom. The van der Waals surface area contributed by atoms with Gasteiger partial charge in [-0.25, -0.2) is 10.2 Å². The van der Waals surface area contributed by atoms with Gasteiger partial charge in [-0.2, -0.15) is 0 Å². The Balaban J connectivity index is 2.75. The third-order valence-corrected chi connectivity index (χ3v) is 6.21. The van der Waals surface area contributed by atoms with Crippen molar-refractivity contribution in [2.75, 3.05) is 23.7 Å². The number of rotatable bonds is 10. The van der Waals surface area contributed by atoms with Crippen molar-refractivity contribution in [3.63, 3.8) is 0 Å². The van der Waals surface area contributed by atoms with Crippen molar-refractivity contribution in [2.24, 2.45) is 0 Å². The van der Waals surface area contributed by atoms with E-state index in [0.29, 0.717) is 28.6 Å². The molecule has 120 valence electrons. The van der Waals surface area contributed by atoms with Crippen LogP contribution < -0.4 is 10.2 Å². The molecule has 1 heterocycles. The summed E-state index contributed by atoms with van der Waals surface area (Å²) >= 11 is 7.52. The molecule has 0 bridgehead atoms. The summed E-state index contributed by atoms with van der Waals surface area (Å²) in [7, 11) is -3.21. The molecule has 11 heteroatoms. The monoisotopic (exact) mass is 463 g/mol. The number of thiophene rings is 1. The molecule has 0 radical (unpaired) electrons. The fourth-order valence-electron chi connectivity index (χ4n) is 1.44. The quantitative estimate of drug-likeness (QED) is 0.236. The lowest BCUT2D eigenvalue weighted by Crippen LogP contribution is -2.27. The minimum Gasteiger partial charge on any atom is -0.297 e. The maximum atomic E-state index is 12.6. The fourth-order valence-corrected chi connectivity index (χ4v) is 4.96. The first-order chi connectivity index (χ1) is 9.91. The summed E-state index contributed by atoms with van der Waals surface area (Å²) in [5.41, 5.74) is 0. The van der Waals surface area contributed by atoms with Crippen molar-refractivity contribution in [2.45, 2.75) is 13.0 Å². The zero-order chi connectivity index (χ0) is 15.9. The highest BCUT2D eigenvalue weighted by atomic mass is 79.9. The van der Waals surface area contributed by atoms with E-state index < -0.39 is 18.7 Å². The first kappa shape index (κ1) is 19.2. The van der Waals surface area contributed by atoms with E-state index in [1.807, 2.05) is 0 Å².